The molecule has 0 aliphatic heterocycles. The normalized spacial score (nSPS) is 10.1. The number of amides is 1. The van der Waals surface area contributed by atoms with Crippen LogP contribution in [0.4, 0.5) is 0 Å². The first-order chi connectivity index (χ1) is 9.63. The standard InChI is InChI=1S/C14H14N2O4/c1-9-5-12(20-13(9)14(18)16-15)8-19-11-4-2-3-10(6-11)7-17/h2-7H,8,15H2,1H3,(H,16,18). The lowest BCUT2D eigenvalue weighted by molar-refractivity contribution is 0.0920. The van der Waals surface area contributed by atoms with Crippen molar-refractivity contribution in [1.82, 2.24) is 5.43 Å². The number of aryl methyl sites for hydroxylation is 1. The van der Waals surface area contributed by atoms with E-state index in [2.05, 4.69) is 0 Å². The maximum atomic E-state index is 11.4. The summed E-state index contributed by atoms with van der Waals surface area (Å²) in [5.41, 5.74) is 3.22. The van der Waals surface area contributed by atoms with E-state index in [1.807, 2.05) is 5.43 Å². The number of furan rings is 1. The molecule has 0 aliphatic carbocycles. The summed E-state index contributed by atoms with van der Waals surface area (Å²) < 4.78 is 10.9. The van der Waals surface area contributed by atoms with Crippen LogP contribution in [0, 0.1) is 6.92 Å². The molecule has 104 valence electrons. The molecule has 0 bridgehead atoms. The smallest absolute Gasteiger partial charge is 0.301 e. The van der Waals surface area contributed by atoms with Crippen LogP contribution in [-0.2, 0) is 6.61 Å². The highest BCUT2D eigenvalue weighted by Crippen LogP contribution is 2.18. The zero-order valence-electron chi connectivity index (χ0n) is 10.9. The van der Waals surface area contributed by atoms with E-state index < -0.39 is 5.91 Å². The van der Waals surface area contributed by atoms with Gasteiger partial charge in [0, 0.05) is 11.1 Å². The Morgan fingerprint density at radius 1 is 1.45 bits per heavy atom. The molecule has 2 aromatic rings. The first-order valence-corrected chi connectivity index (χ1v) is 5.92. The van der Waals surface area contributed by atoms with E-state index in [-0.39, 0.29) is 12.4 Å². The van der Waals surface area contributed by atoms with Gasteiger partial charge in [0.2, 0.25) is 0 Å². The molecule has 0 atom stereocenters. The number of aldehydes is 1. The third-order valence-corrected chi connectivity index (χ3v) is 2.68. The molecule has 0 unspecified atom stereocenters. The largest absolute Gasteiger partial charge is 0.486 e. The van der Waals surface area contributed by atoms with E-state index in [9.17, 15) is 9.59 Å². The summed E-state index contributed by atoms with van der Waals surface area (Å²) >= 11 is 0. The van der Waals surface area contributed by atoms with Crippen molar-refractivity contribution in [3.05, 3.63) is 53.0 Å². The highest BCUT2D eigenvalue weighted by molar-refractivity contribution is 5.92. The lowest BCUT2D eigenvalue weighted by Gasteiger charge is -2.04. The second kappa shape index (κ2) is 6.03. The van der Waals surface area contributed by atoms with Gasteiger partial charge in [-0.25, -0.2) is 5.84 Å². The molecule has 1 heterocycles. The summed E-state index contributed by atoms with van der Waals surface area (Å²) in [5.74, 6) is 5.77. The number of nitrogen functional groups attached to an aromatic ring is 1. The molecular weight excluding hydrogens is 260 g/mol. The van der Waals surface area contributed by atoms with Crippen LogP contribution < -0.4 is 16.0 Å². The van der Waals surface area contributed by atoms with Crippen molar-refractivity contribution in [2.24, 2.45) is 5.84 Å². The van der Waals surface area contributed by atoms with Crippen LogP contribution in [0.2, 0.25) is 0 Å². The molecule has 20 heavy (non-hydrogen) atoms. The molecule has 3 N–H and O–H groups in total. The third kappa shape index (κ3) is 3.04. The Morgan fingerprint density at radius 2 is 2.25 bits per heavy atom. The molecule has 1 amide bonds. The van der Waals surface area contributed by atoms with Gasteiger partial charge in [0.15, 0.2) is 5.76 Å². The Bertz CT molecular complexity index is 634. The summed E-state index contributed by atoms with van der Waals surface area (Å²) in [6.07, 6.45) is 0.744. The molecule has 0 fully saturated rings. The molecule has 6 heteroatoms. The van der Waals surface area contributed by atoms with E-state index in [0.29, 0.717) is 22.6 Å². The fraction of sp³-hybridized carbons (Fsp3) is 0.143. The van der Waals surface area contributed by atoms with Crippen LogP contribution in [0.5, 0.6) is 5.75 Å². The van der Waals surface area contributed by atoms with Crippen molar-refractivity contribution in [3.8, 4) is 5.75 Å². The second-order valence-electron chi connectivity index (χ2n) is 4.18. The van der Waals surface area contributed by atoms with E-state index in [0.717, 1.165) is 6.29 Å². The summed E-state index contributed by atoms with van der Waals surface area (Å²) in [4.78, 5) is 22.1. The predicted molar refractivity (Wildman–Crippen MR) is 71.3 cm³/mol. The number of carbonyl (C=O) groups excluding carboxylic acids is 2. The van der Waals surface area contributed by atoms with E-state index in [4.69, 9.17) is 15.0 Å². The van der Waals surface area contributed by atoms with Crippen molar-refractivity contribution in [2.45, 2.75) is 13.5 Å². The third-order valence-electron chi connectivity index (χ3n) is 2.68. The first kappa shape index (κ1) is 13.8. The number of hydrogen-bond donors (Lipinski definition) is 2. The minimum Gasteiger partial charge on any atom is -0.486 e. The highest BCUT2D eigenvalue weighted by atomic mass is 16.5. The van der Waals surface area contributed by atoms with Crippen LogP contribution in [-0.4, -0.2) is 12.2 Å². The molecule has 1 aromatic heterocycles. The van der Waals surface area contributed by atoms with Gasteiger partial charge in [-0.15, -0.1) is 0 Å². The number of rotatable bonds is 5. The van der Waals surface area contributed by atoms with E-state index >= 15 is 0 Å². The van der Waals surface area contributed by atoms with Crippen LogP contribution in [0.3, 0.4) is 0 Å². The number of ether oxygens (including phenoxy) is 1. The van der Waals surface area contributed by atoms with Crippen molar-refractivity contribution in [2.75, 3.05) is 0 Å². The van der Waals surface area contributed by atoms with Gasteiger partial charge in [0.1, 0.15) is 24.4 Å². The molecule has 0 radical (unpaired) electrons. The number of nitrogens with one attached hydrogen (secondary N) is 1. The first-order valence-electron chi connectivity index (χ1n) is 5.92. The van der Waals surface area contributed by atoms with Gasteiger partial charge in [-0.05, 0) is 25.1 Å². The Kier molecular flexibility index (Phi) is 4.17. The SMILES string of the molecule is Cc1cc(COc2cccc(C=O)c2)oc1C(=O)NN. The molecule has 0 spiro atoms. The minimum absolute atomic E-state index is 0.154. The highest BCUT2D eigenvalue weighted by Gasteiger charge is 2.14. The summed E-state index contributed by atoms with van der Waals surface area (Å²) in [5, 5.41) is 0. The van der Waals surface area contributed by atoms with Gasteiger partial charge in [0.05, 0.1) is 0 Å². The molecule has 6 nitrogen and oxygen atoms in total. The molecular formula is C14H14N2O4. The number of carbonyl (C=O) groups is 2. The van der Waals surface area contributed by atoms with Gasteiger partial charge in [-0.3, -0.25) is 15.0 Å². The number of benzene rings is 1. The number of hydrazine groups is 1. The lowest BCUT2D eigenvalue weighted by Crippen LogP contribution is -2.30. The summed E-state index contributed by atoms with van der Waals surface area (Å²) in [6.45, 7) is 1.89. The average molecular weight is 274 g/mol. The predicted octanol–water partition coefficient (Wildman–Crippen LogP) is 1.58. The van der Waals surface area contributed by atoms with Gasteiger partial charge < -0.3 is 9.15 Å². The topological polar surface area (TPSA) is 94.6 Å². The van der Waals surface area contributed by atoms with Crippen molar-refractivity contribution in [3.63, 3.8) is 0 Å². The van der Waals surface area contributed by atoms with E-state index in [1.54, 1.807) is 37.3 Å². The van der Waals surface area contributed by atoms with Gasteiger partial charge in [-0.1, -0.05) is 12.1 Å². The zero-order chi connectivity index (χ0) is 14.5. The second-order valence-corrected chi connectivity index (χ2v) is 4.18. The lowest BCUT2D eigenvalue weighted by atomic mass is 10.2. The van der Waals surface area contributed by atoms with Crippen LogP contribution in [0.15, 0.2) is 34.7 Å². The van der Waals surface area contributed by atoms with Crippen LogP contribution in [0.1, 0.15) is 32.2 Å². The Labute approximate surface area is 115 Å². The quantitative estimate of drug-likeness (QED) is 0.373. The fourth-order valence-corrected chi connectivity index (χ4v) is 1.74. The monoisotopic (exact) mass is 274 g/mol. The Hall–Kier alpha value is -2.60. The van der Waals surface area contributed by atoms with E-state index in [1.165, 1.54) is 0 Å². The maximum absolute atomic E-state index is 11.4. The Balaban J connectivity index is 2.07. The summed E-state index contributed by atoms with van der Waals surface area (Å²) in [7, 11) is 0. The molecule has 0 saturated carbocycles. The minimum atomic E-state index is -0.489. The van der Waals surface area contributed by atoms with Gasteiger partial charge in [0.25, 0.3) is 0 Å². The van der Waals surface area contributed by atoms with Gasteiger partial charge >= 0.3 is 5.91 Å². The van der Waals surface area contributed by atoms with Crippen molar-refractivity contribution < 1.29 is 18.7 Å². The number of hydrogen-bond acceptors (Lipinski definition) is 5. The van der Waals surface area contributed by atoms with Crippen LogP contribution in [0.25, 0.3) is 0 Å². The Morgan fingerprint density at radius 3 is 2.95 bits per heavy atom. The van der Waals surface area contributed by atoms with Crippen molar-refractivity contribution >= 4 is 12.2 Å². The zero-order valence-corrected chi connectivity index (χ0v) is 10.9. The van der Waals surface area contributed by atoms with Crippen LogP contribution >= 0.6 is 0 Å². The van der Waals surface area contributed by atoms with Crippen molar-refractivity contribution in [1.29, 1.82) is 0 Å². The molecule has 1 aromatic carbocycles. The summed E-state index contributed by atoms with van der Waals surface area (Å²) in [6, 6.07) is 8.46. The average Bonchev–Trinajstić information content (AvgIpc) is 2.85. The maximum Gasteiger partial charge on any atom is 0.301 e. The fourth-order valence-electron chi connectivity index (χ4n) is 1.74. The number of nitrogens with two attached hydrogens (primary N) is 1. The molecule has 0 saturated heterocycles. The van der Waals surface area contributed by atoms with Gasteiger partial charge in [-0.2, -0.15) is 0 Å². The molecule has 2 rings (SSSR count). The molecule has 0 aliphatic rings.